The molecule has 1 heterocycles. The molecule has 0 spiro atoms. The van der Waals surface area contributed by atoms with Crippen molar-refractivity contribution in [3.63, 3.8) is 0 Å². The minimum absolute atomic E-state index is 0.0541. The van der Waals surface area contributed by atoms with Gasteiger partial charge in [0.15, 0.2) is 0 Å². The van der Waals surface area contributed by atoms with E-state index in [4.69, 9.17) is 0 Å². The Balaban J connectivity index is 2.19. The molecule has 1 aromatic heterocycles. The van der Waals surface area contributed by atoms with E-state index in [0.717, 1.165) is 5.56 Å². The molecule has 0 radical (unpaired) electrons. The van der Waals surface area contributed by atoms with Gasteiger partial charge in [-0.25, -0.2) is 0 Å². The summed E-state index contributed by atoms with van der Waals surface area (Å²) in [6.45, 7) is 1.81. The molecule has 1 unspecified atom stereocenters. The van der Waals surface area contributed by atoms with Crippen LogP contribution in [0.15, 0.2) is 48.8 Å². The maximum absolute atomic E-state index is 12.1. The van der Waals surface area contributed by atoms with Gasteiger partial charge in [0.25, 0.3) is 11.6 Å². The maximum atomic E-state index is 12.1. The Labute approximate surface area is 115 Å². The number of hydrogen-bond acceptors (Lipinski definition) is 4. The zero-order chi connectivity index (χ0) is 14.5. The van der Waals surface area contributed by atoms with Crippen molar-refractivity contribution in [2.45, 2.75) is 13.0 Å². The molecule has 2 aromatic rings. The van der Waals surface area contributed by atoms with Crippen LogP contribution in [0.4, 0.5) is 5.69 Å². The van der Waals surface area contributed by atoms with Crippen molar-refractivity contribution < 1.29 is 9.72 Å². The summed E-state index contributed by atoms with van der Waals surface area (Å²) >= 11 is 0. The molecule has 0 bridgehead atoms. The van der Waals surface area contributed by atoms with Crippen molar-refractivity contribution in [2.24, 2.45) is 0 Å². The standard InChI is InChI=1S/C14H13N3O3/c1-10(11-6-8-15-9-7-11)16-14(18)12-4-2-3-5-13(12)17(19)20/h2-10H,1H3,(H,16,18). The van der Waals surface area contributed by atoms with Crippen LogP contribution in [0.3, 0.4) is 0 Å². The van der Waals surface area contributed by atoms with Crippen LogP contribution >= 0.6 is 0 Å². The number of para-hydroxylation sites is 1. The molecule has 0 aliphatic carbocycles. The lowest BCUT2D eigenvalue weighted by atomic mass is 10.1. The Bertz CT molecular complexity index is 629. The van der Waals surface area contributed by atoms with Crippen molar-refractivity contribution in [2.75, 3.05) is 0 Å². The van der Waals surface area contributed by atoms with E-state index in [-0.39, 0.29) is 17.3 Å². The molecule has 0 fully saturated rings. The van der Waals surface area contributed by atoms with Crippen molar-refractivity contribution in [3.8, 4) is 0 Å². The highest BCUT2D eigenvalue weighted by Gasteiger charge is 2.20. The lowest BCUT2D eigenvalue weighted by Crippen LogP contribution is -2.27. The fourth-order valence-corrected chi connectivity index (χ4v) is 1.83. The molecule has 6 heteroatoms. The highest BCUT2D eigenvalue weighted by Crippen LogP contribution is 2.19. The zero-order valence-corrected chi connectivity index (χ0v) is 10.8. The zero-order valence-electron chi connectivity index (χ0n) is 10.8. The molecule has 0 aliphatic heterocycles. The largest absolute Gasteiger partial charge is 0.345 e. The first-order chi connectivity index (χ1) is 9.59. The summed E-state index contributed by atoms with van der Waals surface area (Å²) in [6.07, 6.45) is 3.26. The van der Waals surface area contributed by atoms with Crippen LogP contribution in [-0.4, -0.2) is 15.8 Å². The van der Waals surface area contributed by atoms with Crippen molar-refractivity contribution in [3.05, 3.63) is 70.0 Å². The van der Waals surface area contributed by atoms with Crippen LogP contribution in [0.2, 0.25) is 0 Å². The number of nitrogens with zero attached hydrogens (tertiary/aromatic N) is 2. The van der Waals surface area contributed by atoms with Crippen LogP contribution in [0.1, 0.15) is 28.9 Å². The fourth-order valence-electron chi connectivity index (χ4n) is 1.83. The summed E-state index contributed by atoms with van der Waals surface area (Å²) in [6, 6.07) is 9.18. The Hall–Kier alpha value is -2.76. The predicted octanol–water partition coefficient (Wildman–Crippen LogP) is 2.48. The molecule has 20 heavy (non-hydrogen) atoms. The van der Waals surface area contributed by atoms with Crippen LogP contribution < -0.4 is 5.32 Å². The van der Waals surface area contributed by atoms with Crippen LogP contribution in [0, 0.1) is 10.1 Å². The molecule has 0 saturated carbocycles. The summed E-state index contributed by atoms with van der Waals surface area (Å²) in [4.78, 5) is 26.4. The lowest BCUT2D eigenvalue weighted by molar-refractivity contribution is -0.385. The molecule has 6 nitrogen and oxygen atoms in total. The van der Waals surface area contributed by atoms with Crippen molar-refractivity contribution in [1.29, 1.82) is 0 Å². The summed E-state index contributed by atoms with van der Waals surface area (Å²) < 4.78 is 0. The number of nitro groups is 1. The van der Waals surface area contributed by atoms with Crippen molar-refractivity contribution >= 4 is 11.6 Å². The molecular weight excluding hydrogens is 258 g/mol. The Morgan fingerprint density at radius 2 is 1.90 bits per heavy atom. The molecule has 1 atom stereocenters. The van der Waals surface area contributed by atoms with Gasteiger partial charge in [-0.3, -0.25) is 19.9 Å². The van der Waals surface area contributed by atoms with E-state index in [2.05, 4.69) is 10.3 Å². The predicted molar refractivity (Wildman–Crippen MR) is 73.2 cm³/mol. The number of nitro benzene ring substituents is 1. The van der Waals surface area contributed by atoms with Gasteiger partial charge < -0.3 is 5.32 Å². The monoisotopic (exact) mass is 271 g/mol. The first kappa shape index (κ1) is 13.7. The third kappa shape index (κ3) is 2.97. The van der Waals surface area contributed by atoms with Crippen molar-refractivity contribution in [1.82, 2.24) is 10.3 Å². The van der Waals surface area contributed by atoms with Crippen LogP contribution in [0.5, 0.6) is 0 Å². The van der Waals surface area contributed by atoms with E-state index in [0.29, 0.717) is 0 Å². The van der Waals surface area contributed by atoms with E-state index in [1.54, 1.807) is 30.6 Å². The van der Waals surface area contributed by atoms with Gasteiger partial charge in [-0.05, 0) is 30.7 Å². The molecule has 0 aliphatic rings. The summed E-state index contributed by atoms with van der Waals surface area (Å²) in [5, 5.41) is 13.6. The molecular formula is C14H13N3O3. The van der Waals surface area contributed by atoms with Gasteiger partial charge in [-0.15, -0.1) is 0 Å². The van der Waals surface area contributed by atoms with Gasteiger partial charge >= 0.3 is 0 Å². The fraction of sp³-hybridized carbons (Fsp3) is 0.143. The maximum Gasteiger partial charge on any atom is 0.282 e. The highest BCUT2D eigenvalue weighted by atomic mass is 16.6. The molecule has 1 N–H and O–H groups in total. The third-order valence-electron chi connectivity index (χ3n) is 2.90. The van der Waals surface area contributed by atoms with Gasteiger partial charge in [0.2, 0.25) is 0 Å². The van der Waals surface area contributed by atoms with E-state index in [9.17, 15) is 14.9 Å². The quantitative estimate of drug-likeness (QED) is 0.683. The normalized spacial score (nSPS) is 11.7. The SMILES string of the molecule is CC(NC(=O)c1ccccc1[N+](=O)[O-])c1ccncc1. The molecule has 0 saturated heterocycles. The smallest absolute Gasteiger partial charge is 0.282 e. The van der Waals surface area contributed by atoms with E-state index < -0.39 is 10.8 Å². The van der Waals surface area contributed by atoms with Crippen LogP contribution in [0.25, 0.3) is 0 Å². The number of carbonyl (C=O) groups excluding carboxylic acids is 1. The number of carbonyl (C=O) groups is 1. The molecule has 2 rings (SSSR count). The van der Waals surface area contributed by atoms with Crippen LogP contribution in [-0.2, 0) is 0 Å². The highest BCUT2D eigenvalue weighted by molar-refractivity contribution is 5.98. The second-order valence-electron chi connectivity index (χ2n) is 4.25. The number of aromatic nitrogens is 1. The molecule has 102 valence electrons. The third-order valence-corrected chi connectivity index (χ3v) is 2.90. The van der Waals surface area contributed by atoms with Gasteiger partial charge in [0.1, 0.15) is 5.56 Å². The number of nitrogens with one attached hydrogen (secondary N) is 1. The van der Waals surface area contributed by atoms with E-state index in [1.807, 2.05) is 6.92 Å². The number of amides is 1. The van der Waals surface area contributed by atoms with E-state index in [1.165, 1.54) is 18.2 Å². The van der Waals surface area contributed by atoms with E-state index >= 15 is 0 Å². The first-order valence-electron chi connectivity index (χ1n) is 6.04. The average molecular weight is 271 g/mol. The summed E-state index contributed by atoms with van der Waals surface area (Å²) in [5.41, 5.74) is 0.734. The number of pyridine rings is 1. The topological polar surface area (TPSA) is 85.1 Å². The minimum Gasteiger partial charge on any atom is -0.345 e. The lowest BCUT2D eigenvalue weighted by Gasteiger charge is -2.14. The summed E-state index contributed by atoms with van der Waals surface area (Å²) in [5.74, 6) is -0.471. The number of benzene rings is 1. The second-order valence-corrected chi connectivity index (χ2v) is 4.25. The Kier molecular flexibility index (Phi) is 4.05. The minimum atomic E-state index is -0.563. The molecule has 1 aromatic carbocycles. The Morgan fingerprint density at radius 3 is 2.55 bits per heavy atom. The van der Waals surface area contributed by atoms with Gasteiger partial charge in [0, 0.05) is 18.5 Å². The van der Waals surface area contributed by atoms with Gasteiger partial charge in [0.05, 0.1) is 11.0 Å². The Morgan fingerprint density at radius 1 is 1.25 bits per heavy atom. The first-order valence-corrected chi connectivity index (χ1v) is 6.04. The number of rotatable bonds is 4. The van der Waals surface area contributed by atoms with Gasteiger partial charge in [-0.1, -0.05) is 12.1 Å². The average Bonchev–Trinajstić information content (AvgIpc) is 2.48. The number of hydrogen-bond donors (Lipinski definition) is 1. The van der Waals surface area contributed by atoms with Gasteiger partial charge in [-0.2, -0.15) is 0 Å². The second kappa shape index (κ2) is 5.92. The molecule has 1 amide bonds. The summed E-state index contributed by atoms with van der Waals surface area (Å²) in [7, 11) is 0.